The molecule has 1 N–H and O–H groups in total. The predicted molar refractivity (Wildman–Crippen MR) is 99.3 cm³/mol. The van der Waals surface area contributed by atoms with Crippen LogP contribution in [0.4, 0.5) is 5.69 Å². The smallest absolute Gasteiger partial charge is 0.143 e. The van der Waals surface area contributed by atoms with Crippen LogP contribution >= 0.6 is 0 Å². The lowest BCUT2D eigenvalue weighted by Gasteiger charge is -2.16. The second-order valence-corrected chi connectivity index (χ2v) is 5.89. The summed E-state index contributed by atoms with van der Waals surface area (Å²) in [6.07, 6.45) is 8.21. The van der Waals surface area contributed by atoms with Crippen molar-refractivity contribution in [2.24, 2.45) is 4.99 Å². The molecule has 0 spiro atoms. The molecule has 0 atom stereocenters. The Morgan fingerprint density at radius 3 is 2.70 bits per heavy atom. The van der Waals surface area contributed by atoms with Gasteiger partial charge in [0.05, 0.1) is 17.5 Å². The summed E-state index contributed by atoms with van der Waals surface area (Å²) in [5, 5.41) is 3.47. The van der Waals surface area contributed by atoms with E-state index in [-0.39, 0.29) is 0 Å². The van der Waals surface area contributed by atoms with Gasteiger partial charge >= 0.3 is 0 Å². The molecule has 0 amide bonds. The van der Waals surface area contributed by atoms with E-state index in [9.17, 15) is 0 Å². The number of ether oxygens (including phenoxy) is 1. The fourth-order valence-corrected chi connectivity index (χ4v) is 2.20. The summed E-state index contributed by atoms with van der Waals surface area (Å²) in [4.78, 5) is 4.34. The largest absolute Gasteiger partial charge is 0.488 e. The van der Waals surface area contributed by atoms with E-state index in [0.717, 1.165) is 41.3 Å². The van der Waals surface area contributed by atoms with Crippen LogP contribution in [0.25, 0.3) is 0 Å². The van der Waals surface area contributed by atoms with E-state index >= 15 is 0 Å². The Hall–Kier alpha value is -2.29. The number of anilines is 1. The highest BCUT2D eigenvalue weighted by Crippen LogP contribution is 2.33. The maximum Gasteiger partial charge on any atom is 0.143 e. The first-order chi connectivity index (χ1) is 11.0. The molecule has 3 nitrogen and oxygen atoms in total. The first-order valence-electron chi connectivity index (χ1n) is 8.08. The van der Waals surface area contributed by atoms with Crippen LogP contribution in [0.2, 0.25) is 0 Å². The molecule has 0 unspecified atom stereocenters. The van der Waals surface area contributed by atoms with Gasteiger partial charge in [-0.25, -0.2) is 0 Å². The van der Waals surface area contributed by atoms with Gasteiger partial charge in [-0.15, -0.1) is 0 Å². The zero-order chi connectivity index (χ0) is 16.8. The number of allylic oxidation sites excluding steroid dienone is 4. The van der Waals surface area contributed by atoms with E-state index in [4.69, 9.17) is 4.74 Å². The average Bonchev–Trinajstić information content (AvgIpc) is 3.33. The Morgan fingerprint density at radius 2 is 2.09 bits per heavy atom. The molecule has 122 valence electrons. The number of benzene rings is 1. The zero-order valence-electron chi connectivity index (χ0n) is 14.5. The van der Waals surface area contributed by atoms with Gasteiger partial charge in [0.1, 0.15) is 5.75 Å². The maximum atomic E-state index is 6.03. The molecule has 0 bridgehead atoms. The predicted octanol–water partition coefficient (Wildman–Crippen LogP) is 5.40. The zero-order valence-corrected chi connectivity index (χ0v) is 14.5. The van der Waals surface area contributed by atoms with Crippen molar-refractivity contribution in [3.8, 4) is 5.75 Å². The van der Waals surface area contributed by atoms with Crippen LogP contribution < -0.4 is 10.1 Å². The Labute approximate surface area is 139 Å². The second kappa shape index (κ2) is 7.82. The summed E-state index contributed by atoms with van der Waals surface area (Å²) in [7, 11) is 0. The van der Waals surface area contributed by atoms with Gasteiger partial charge in [0, 0.05) is 11.9 Å². The number of rotatable bonds is 7. The van der Waals surface area contributed by atoms with Gasteiger partial charge in [0.25, 0.3) is 0 Å². The molecule has 1 aliphatic rings. The average molecular weight is 310 g/mol. The van der Waals surface area contributed by atoms with Crippen LogP contribution in [0.1, 0.15) is 39.2 Å². The summed E-state index contributed by atoms with van der Waals surface area (Å²) in [5.41, 5.74) is 5.24. The van der Waals surface area contributed by atoms with Crippen molar-refractivity contribution in [3.05, 3.63) is 60.0 Å². The van der Waals surface area contributed by atoms with E-state index < -0.39 is 0 Å². The topological polar surface area (TPSA) is 33.6 Å². The molecule has 23 heavy (non-hydrogen) atoms. The molecule has 2 rings (SSSR count). The lowest BCUT2D eigenvalue weighted by molar-refractivity contribution is 0.304. The van der Waals surface area contributed by atoms with Crippen LogP contribution in [0.5, 0.6) is 5.75 Å². The van der Waals surface area contributed by atoms with E-state index in [1.165, 1.54) is 5.56 Å². The molecule has 1 aromatic carbocycles. The van der Waals surface area contributed by atoms with Crippen LogP contribution in [-0.4, -0.2) is 11.8 Å². The molecule has 0 aromatic heterocycles. The molecule has 1 fully saturated rings. The van der Waals surface area contributed by atoms with Crippen LogP contribution in [-0.2, 0) is 0 Å². The number of nitrogens with one attached hydrogen (secondary N) is 1. The molecule has 0 aliphatic heterocycles. The van der Waals surface area contributed by atoms with Crippen molar-refractivity contribution < 1.29 is 4.74 Å². The quantitative estimate of drug-likeness (QED) is 0.684. The van der Waals surface area contributed by atoms with Crippen LogP contribution in [0, 0.1) is 6.92 Å². The highest BCUT2D eigenvalue weighted by atomic mass is 16.5. The summed E-state index contributed by atoms with van der Waals surface area (Å²) in [6.45, 7) is 11.9. The Kier molecular flexibility index (Phi) is 5.80. The molecule has 1 aromatic rings. The fraction of sp³-hybridized carbons (Fsp3) is 0.350. The fourth-order valence-electron chi connectivity index (χ4n) is 2.20. The number of aryl methyl sites for hydroxylation is 1. The van der Waals surface area contributed by atoms with E-state index in [1.807, 2.05) is 19.1 Å². The third-order valence-corrected chi connectivity index (χ3v) is 3.78. The summed E-state index contributed by atoms with van der Waals surface area (Å²) >= 11 is 0. The summed E-state index contributed by atoms with van der Waals surface area (Å²) in [5.74, 6) is 0.924. The van der Waals surface area contributed by atoms with Crippen molar-refractivity contribution >= 4 is 11.4 Å². The van der Waals surface area contributed by atoms with E-state index in [2.05, 4.69) is 55.9 Å². The minimum atomic E-state index is 0.378. The first kappa shape index (κ1) is 17.1. The molecule has 0 heterocycles. The van der Waals surface area contributed by atoms with Crippen molar-refractivity contribution in [1.82, 2.24) is 0 Å². The molecule has 0 radical (unpaired) electrons. The SMILES string of the molecule is C=CN=C(/C=C\C)/C(C)=C(\C)Nc1ccc(C)cc1OC1CC1. The van der Waals surface area contributed by atoms with Crippen molar-refractivity contribution in [1.29, 1.82) is 0 Å². The van der Waals surface area contributed by atoms with Gasteiger partial charge in [-0.1, -0.05) is 18.7 Å². The highest BCUT2D eigenvalue weighted by Gasteiger charge is 2.24. The minimum Gasteiger partial charge on any atom is -0.488 e. The normalized spacial score (nSPS) is 16.3. The van der Waals surface area contributed by atoms with Gasteiger partial charge in [-0.05, 0) is 69.9 Å². The third-order valence-electron chi connectivity index (χ3n) is 3.78. The maximum absolute atomic E-state index is 6.03. The lowest BCUT2D eigenvalue weighted by Crippen LogP contribution is -2.07. The standard InChI is InChI=1S/C20H26N2O/c1-6-8-18(21-7-2)15(4)16(5)22-19-12-9-14(3)13-20(19)23-17-10-11-17/h6-9,12-13,17,22H,2,10-11H2,1,3-5H3/b8-6-,16-15+,21-18?. The molecule has 0 saturated heterocycles. The molecular weight excluding hydrogens is 284 g/mol. The highest BCUT2D eigenvalue weighted by molar-refractivity contribution is 6.09. The molecule has 1 aliphatic carbocycles. The monoisotopic (exact) mass is 310 g/mol. The van der Waals surface area contributed by atoms with Gasteiger partial charge in [-0.2, -0.15) is 0 Å². The minimum absolute atomic E-state index is 0.378. The van der Waals surface area contributed by atoms with Crippen LogP contribution in [0.15, 0.2) is 59.4 Å². The van der Waals surface area contributed by atoms with Crippen molar-refractivity contribution in [3.63, 3.8) is 0 Å². The number of hydrogen-bond acceptors (Lipinski definition) is 3. The Bertz CT molecular complexity index is 664. The summed E-state index contributed by atoms with van der Waals surface area (Å²) in [6, 6.07) is 6.26. The van der Waals surface area contributed by atoms with Crippen molar-refractivity contribution in [2.45, 2.75) is 46.6 Å². The van der Waals surface area contributed by atoms with Gasteiger partial charge in [0.15, 0.2) is 0 Å². The molecule has 3 heteroatoms. The van der Waals surface area contributed by atoms with E-state index in [0.29, 0.717) is 6.10 Å². The number of hydrogen-bond donors (Lipinski definition) is 1. The van der Waals surface area contributed by atoms with Gasteiger partial charge < -0.3 is 10.1 Å². The lowest BCUT2D eigenvalue weighted by atomic mass is 10.1. The Morgan fingerprint density at radius 1 is 1.35 bits per heavy atom. The van der Waals surface area contributed by atoms with Gasteiger partial charge in [0.2, 0.25) is 0 Å². The third kappa shape index (κ3) is 4.85. The molecule has 1 saturated carbocycles. The number of aliphatic imine (C=N–C) groups is 1. The van der Waals surface area contributed by atoms with E-state index in [1.54, 1.807) is 6.20 Å². The number of nitrogens with zero attached hydrogens (tertiary/aromatic N) is 1. The Balaban J connectivity index is 2.27. The first-order valence-corrected chi connectivity index (χ1v) is 8.08. The molecular formula is C20H26N2O. The van der Waals surface area contributed by atoms with Gasteiger partial charge in [-0.3, -0.25) is 4.99 Å². The van der Waals surface area contributed by atoms with Crippen molar-refractivity contribution in [2.75, 3.05) is 5.32 Å². The van der Waals surface area contributed by atoms with Crippen LogP contribution in [0.3, 0.4) is 0 Å². The second-order valence-electron chi connectivity index (χ2n) is 5.89. The summed E-state index contributed by atoms with van der Waals surface area (Å²) < 4.78 is 6.03.